The molecule has 1 aliphatic heterocycles. The average molecular weight is 268 g/mol. The van der Waals surface area contributed by atoms with Gasteiger partial charge in [-0.05, 0) is 20.3 Å². The van der Waals surface area contributed by atoms with Crippen molar-refractivity contribution in [3.05, 3.63) is 11.6 Å². The summed E-state index contributed by atoms with van der Waals surface area (Å²) in [5, 5.41) is 8.89. The number of carboxylic acid groups (broad SMARTS) is 1. The Morgan fingerprint density at radius 2 is 1.95 bits per heavy atom. The van der Waals surface area contributed by atoms with Crippen LogP contribution in [-0.2, 0) is 14.4 Å². The van der Waals surface area contributed by atoms with E-state index in [1.807, 2.05) is 13.8 Å². The van der Waals surface area contributed by atoms with Gasteiger partial charge in [-0.3, -0.25) is 9.59 Å². The van der Waals surface area contributed by atoms with Crippen molar-refractivity contribution in [2.45, 2.75) is 33.2 Å². The van der Waals surface area contributed by atoms with E-state index in [1.54, 1.807) is 6.92 Å². The number of hydrogen-bond acceptors (Lipinski definition) is 3. The molecule has 0 radical (unpaired) electrons. The molecule has 0 aliphatic carbocycles. The summed E-state index contributed by atoms with van der Waals surface area (Å²) in [6.45, 7) is 6.57. The maximum atomic E-state index is 11.9. The summed E-state index contributed by atoms with van der Waals surface area (Å²) in [5.74, 6) is -2.05. The molecule has 1 N–H and O–H groups in total. The van der Waals surface area contributed by atoms with E-state index in [4.69, 9.17) is 5.11 Å². The van der Waals surface area contributed by atoms with Gasteiger partial charge < -0.3 is 14.9 Å². The van der Waals surface area contributed by atoms with Crippen molar-refractivity contribution in [1.29, 1.82) is 0 Å². The largest absolute Gasteiger partial charge is 0.478 e. The quantitative estimate of drug-likeness (QED) is 0.581. The van der Waals surface area contributed by atoms with Crippen molar-refractivity contribution in [3.8, 4) is 0 Å². The van der Waals surface area contributed by atoms with Gasteiger partial charge in [0.15, 0.2) is 0 Å². The van der Waals surface area contributed by atoms with E-state index in [-0.39, 0.29) is 18.2 Å². The van der Waals surface area contributed by atoms with Crippen LogP contribution in [0.3, 0.4) is 0 Å². The lowest BCUT2D eigenvalue weighted by molar-refractivity contribution is -0.156. The molecule has 0 aromatic carbocycles. The number of rotatable bonds is 5. The molecule has 0 atom stereocenters. The number of carbonyl (C=O) groups is 3. The van der Waals surface area contributed by atoms with Gasteiger partial charge in [0.1, 0.15) is 0 Å². The van der Waals surface area contributed by atoms with Gasteiger partial charge in [-0.15, -0.1) is 0 Å². The number of carbonyl (C=O) groups excluding carboxylic acids is 2. The van der Waals surface area contributed by atoms with Crippen molar-refractivity contribution < 1.29 is 19.5 Å². The Labute approximate surface area is 112 Å². The highest BCUT2D eigenvalue weighted by Gasteiger charge is 2.33. The smallest absolute Gasteiger partial charge is 0.331 e. The number of piperazine rings is 1. The second-order valence-electron chi connectivity index (χ2n) is 4.73. The first-order valence-electron chi connectivity index (χ1n) is 6.40. The van der Waals surface area contributed by atoms with E-state index in [1.165, 1.54) is 15.9 Å². The fourth-order valence-electron chi connectivity index (χ4n) is 1.96. The van der Waals surface area contributed by atoms with E-state index in [9.17, 15) is 14.4 Å². The summed E-state index contributed by atoms with van der Waals surface area (Å²) in [7, 11) is 0. The predicted octanol–water partition coefficient (Wildman–Crippen LogP) is 0.487. The SMILES string of the molecule is CCC(=CCN1CCN(C(C)C)C(=O)C1=O)C(=O)O. The lowest BCUT2D eigenvalue weighted by Gasteiger charge is -2.35. The van der Waals surface area contributed by atoms with Gasteiger partial charge in [0.25, 0.3) is 0 Å². The summed E-state index contributed by atoms with van der Waals surface area (Å²) in [5.41, 5.74) is 0.256. The van der Waals surface area contributed by atoms with Crippen molar-refractivity contribution in [2.75, 3.05) is 19.6 Å². The highest BCUT2D eigenvalue weighted by Crippen LogP contribution is 2.10. The van der Waals surface area contributed by atoms with Crippen LogP contribution in [0, 0.1) is 0 Å². The summed E-state index contributed by atoms with van der Waals surface area (Å²) in [6.07, 6.45) is 1.89. The van der Waals surface area contributed by atoms with Crippen molar-refractivity contribution in [1.82, 2.24) is 9.80 Å². The average Bonchev–Trinajstić information content (AvgIpc) is 2.34. The Hall–Kier alpha value is -1.85. The first kappa shape index (κ1) is 15.2. The summed E-state index contributed by atoms with van der Waals surface area (Å²) in [4.78, 5) is 37.5. The van der Waals surface area contributed by atoms with Crippen molar-refractivity contribution >= 4 is 17.8 Å². The van der Waals surface area contributed by atoms with Gasteiger partial charge in [0.05, 0.1) is 0 Å². The molecule has 1 aliphatic rings. The molecule has 0 bridgehead atoms. The second kappa shape index (κ2) is 6.36. The van der Waals surface area contributed by atoms with E-state index in [0.717, 1.165) is 0 Å². The molecule has 0 spiro atoms. The Kier molecular flexibility index (Phi) is 5.09. The van der Waals surface area contributed by atoms with Crippen LogP contribution < -0.4 is 0 Å². The molecule has 106 valence electrons. The fourth-order valence-corrected chi connectivity index (χ4v) is 1.96. The monoisotopic (exact) mass is 268 g/mol. The zero-order chi connectivity index (χ0) is 14.6. The number of nitrogens with zero attached hydrogens (tertiary/aromatic N) is 2. The van der Waals surface area contributed by atoms with E-state index >= 15 is 0 Å². The first-order chi connectivity index (χ1) is 8.88. The molecule has 1 heterocycles. The number of amides is 2. The van der Waals surface area contributed by atoms with Crippen LogP contribution in [0.25, 0.3) is 0 Å². The van der Waals surface area contributed by atoms with Crippen LogP contribution in [0.4, 0.5) is 0 Å². The molecule has 0 aromatic heterocycles. The third-order valence-corrected chi connectivity index (χ3v) is 3.18. The topological polar surface area (TPSA) is 77.9 Å². The lowest BCUT2D eigenvalue weighted by Crippen LogP contribution is -2.56. The third kappa shape index (κ3) is 3.56. The van der Waals surface area contributed by atoms with Gasteiger partial charge in [0.2, 0.25) is 0 Å². The van der Waals surface area contributed by atoms with Crippen molar-refractivity contribution in [2.24, 2.45) is 0 Å². The summed E-state index contributed by atoms with van der Waals surface area (Å²) >= 11 is 0. The highest BCUT2D eigenvalue weighted by molar-refractivity contribution is 6.35. The van der Waals surface area contributed by atoms with Gasteiger partial charge >= 0.3 is 17.8 Å². The third-order valence-electron chi connectivity index (χ3n) is 3.18. The Balaban J connectivity index is 2.71. The van der Waals surface area contributed by atoms with E-state index in [2.05, 4.69) is 0 Å². The summed E-state index contributed by atoms with van der Waals surface area (Å²) < 4.78 is 0. The number of carboxylic acids is 1. The highest BCUT2D eigenvalue weighted by atomic mass is 16.4. The van der Waals surface area contributed by atoms with Gasteiger partial charge in [-0.25, -0.2) is 4.79 Å². The van der Waals surface area contributed by atoms with Gasteiger partial charge in [-0.2, -0.15) is 0 Å². The van der Waals surface area contributed by atoms with Crippen LogP contribution in [-0.4, -0.2) is 58.4 Å². The van der Waals surface area contributed by atoms with Crippen LogP contribution in [0.5, 0.6) is 0 Å². The minimum absolute atomic E-state index is 0.000588. The van der Waals surface area contributed by atoms with Gasteiger partial charge in [0, 0.05) is 31.2 Å². The van der Waals surface area contributed by atoms with Crippen LogP contribution >= 0.6 is 0 Å². The fraction of sp³-hybridized carbons (Fsp3) is 0.615. The normalized spacial score (nSPS) is 17.4. The van der Waals surface area contributed by atoms with Crippen LogP contribution in [0.2, 0.25) is 0 Å². The van der Waals surface area contributed by atoms with Crippen molar-refractivity contribution in [3.63, 3.8) is 0 Å². The Morgan fingerprint density at radius 3 is 2.42 bits per heavy atom. The maximum absolute atomic E-state index is 11.9. The zero-order valence-electron chi connectivity index (χ0n) is 11.5. The first-order valence-corrected chi connectivity index (χ1v) is 6.40. The molecule has 2 amide bonds. The Morgan fingerprint density at radius 1 is 1.32 bits per heavy atom. The zero-order valence-corrected chi connectivity index (χ0v) is 11.5. The van der Waals surface area contributed by atoms with Gasteiger partial charge in [-0.1, -0.05) is 13.0 Å². The molecule has 6 heteroatoms. The molecular weight excluding hydrogens is 248 g/mol. The molecule has 1 saturated heterocycles. The van der Waals surface area contributed by atoms with Crippen LogP contribution in [0.1, 0.15) is 27.2 Å². The molecule has 0 saturated carbocycles. The molecule has 0 aromatic rings. The second-order valence-corrected chi connectivity index (χ2v) is 4.73. The number of aliphatic carboxylic acids is 1. The maximum Gasteiger partial charge on any atom is 0.331 e. The lowest BCUT2D eigenvalue weighted by atomic mass is 10.2. The van der Waals surface area contributed by atoms with E-state index in [0.29, 0.717) is 19.5 Å². The molecule has 19 heavy (non-hydrogen) atoms. The molecule has 1 rings (SSSR count). The van der Waals surface area contributed by atoms with Crippen LogP contribution in [0.15, 0.2) is 11.6 Å². The molecular formula is C13H20N2O4. The molecule has 6 nitrogen and oxygen atoms in total. The minimum Gasteiger partial charge on any atom is -0.478 e. The number of hydrogen-bond donors (Lipinski definition) is 1. The molecule has 0 unspecified atom stereocenters. The Bertz CT molecular complexity index is 415. The van der Waals surface area contributed by atoms with E-state index < -0.39 is 17.8 Å². The predicted molar refractivity (Wildman–Crippen MR) is 69.4 cm³/mol. The standard InChI is InChI=1S/C13H20N2O4/c1-4-10(13(18)19)5-6-14-7-8-15(9(2)3)12(17)11(14)16/h5,9H,4,6-8H2,1-3H3,(H,18,19). The minimum atomic E-state index is -0.984. The molecule has 1 fully saturated rings. The summed E-state index contributed by atoms with van der Waals surface area (Å²) in [6, 6.07) is -0.000588.